The second-order valence-corrected chi connectivity index (χ2v) is 6.00. The molecule has 0 heterocycles. The third kappa shape index (κ3) is 3.82. The first-order valence-corrected chi connectivity index (χ1v) is 7.98. The Morgan fingerprint density at radius 2 is 1.92 bits per heavy atom. The van der Waals surface area contributed by atoms with Gasteiger partial charge in [0.1, 0.15) is 5.75 Å². The maximum Gasteiger partial charge on any atom is 0.387 e. The molecule has 1 saturated carbocycles. The number of amides is 1. The normalized spacial score (nSPS) is 15.5. The molecule has 6 heteroatoms. The van der Waals surface area contributed by atoms with E-state index in [0.717, 1.165) is 23.6 Å². The predicted octanol–water partition coefficient (Wildman–Crippen LogP) is 3.33. The zero-order valence-electron chi connectivity index (χ0n) is 13.0. The van der Waals surface area contributed by atoms with Crippen LogP contribution in [0.5, 0.6) is 5.75 Å². The van der Waals surface area contributed by atoms with E-state index in [-0.39, 0.29) is 24.0 Å². The monoisotopic (exact) mass is 335 g/mol. The number of halogens is 2. The van der Waals surface area contributed by atoms with Gasteiger partial charge in [-0.1, -0.05) is 24.3 Å². The van der Waals surface area contributed by atoms with Crippen molar-refractivity contribution in [3.8, 4) is 5.75 Å². The summed E-state index contributed by atoms with van der Waals surface area (Å²) in [5.41, 5.74) is 0.0811. The molecule has 128 valence electrons. The van der Waals surface area contributed by atoms with Crippen molar-refractivity contribution in [2.45, 2.75) is 31.9 Å². The van der Waals surface area contributed by atoms with Gasteiger partial charge in [0.05, 0.1) is 5.56 Å². The topological polar surface area (TPSA) is 58.6 Å². The van der Waals surface area contributed by atoms with Gasteiger partial charge in [0.25, 0.3) is 5.91 Å². The number of carbonyl (C=O) groups is 1. The second-order valence-electron chi connectivity index (χ2n) is 6.00. The summed E-state index contributed by atoms with van der Waals surface area (Å²) in [6.07, 6.45) is 2.46. The van der Waals surface area contributed by atoms with Crippen molar-refractivity contribution in [1.29, 1.82) is 0 Å². The summed E-state index contributed by atoms with van der Waals surface area (Å²) in [6.45, 7) is -3.03. The minimum absolute atomic E-state index is 0.0282. The molecule has 0 bridgehead atoms. The van der Waals surface area contributed by atoms with E-state index in [1.165, 1.54) is 6.07 Å². The smallest absolute Gasteiger partial charge is 0.387 e. The summed E-state index contributed by atoms with van der Waals surface area (Å²) in [5, 5.41) is 13.5. The Kier molecular flexibility index (Phi) is 4.94. The van der Waals surface area contributed by atoms with Crippen molar-refractivity contribution in [3.05, 3.63) is 42.0 Å². The molecule has 1 aliphatic carbocycles. The van der Waals surface area contributed by atoms with Crippen molar-refractivity contribution in [2.24, 2.45) is 5.92 Å². The number of hydrogen-bond donors (Lipinski definition) is 2. The van der Waals surface area contributed by atoms with Crippen LogP contribution >= 0.6 is 0 Å². The maximum absolute atomic E-state index is 12.7. The number of fused-ring (bicyclic) bond motifs is 1. The Morgan fingerprint density at radius 1 is 1.25 bits per heavy atom. The highest BCUT2D eigenvalue weighted by atomic mass is 19.3. The van der Waals surface area contributed by atoms with Crippen molar-refractivity contribution in [1.82, 2.24) is 5.32 Å². The first-order valence-electron chi connectivity index (χ1n) is 7.98. The van der Waals surface area contributed by atoms with Crippen LogP contribution in [-0.2, 0) is 0 Å². The fraction of sp³-hybridized carbons (Fsp3) is 0.389. The molecule has 2 aromatic rings. The molecule has 0 aliphatic heterocycles. The zero-order chi connectivity index (χ0) is 17.1. The fourth-order valence-electron chi connectivity index (χ4n) is 2.90. The molecule has 3 rings (SSSR count). The predicted molar refractivity (Wildman–Crippen MR) is 86.3 cm³/mol. The molecule has 1 atom stereocenters. The molecule has 0 aromatic heterocycles. The molecular weight excluding hydrogens is 316 g/mol. The third-order valence-electron chi connectivity index (χ3n) is 4.26. The number of aliphatic hydroxyl groups is 1. The molecule has 0 saturated heterocycles. The molecule has 1 aliphatic rings. The molecule has 2 N–H and O–H groups in total. The van der Waals surface area contributed by atoms with E-state index in [4.69, 9.17) is 5.11 Å². The van der Waals surface area contributed by atoms with Gasteiger partial charge < -0.3 is 15.2 Å². The first-order chi connectivity index (χ1) is 11.6. The van der Waals surface area contributed by atoms with E-state index in [0.29, 0.717) is 12.3 Å². The molecule has 0 spiro atoms. The number of carbonyl (C=O) groups excluding carboxylic acids is 1. The van der Waals surface area contributed by atoms with Gasteiger partial charge in [0, 0.05) is 12.6 Å². The van der Waals surface area contributed by atoms with Crippen molar-refractivity contribution < 1.29 is 23.4 Å². The number of ether oxygens (including phenoxy) is 1. The van der Waals surface area contributed by atoms with Crippen LogP contribution < -0.4 is 10.1 Å². The molecule has 1 unspecified atom stereocenters. The van der Waals surface area contributed by atoms with E-state index in [1.54, 1.807) is 18.2 Å². The Hall–Kier alpha value is -2.21. The van der Waals surface area contributed by atoms with E-state index in [9.17, 15) is 13.6 Å². The van der Waals surface area contributed by atoms with Crippen molar-refractivity contribution in [3.63, 3.8) is 0 Å². The standard InChI is InChI=1S/C18H19F2NO3/c19-18(20)24-16-10-13-4-2-1-3-12(13)9-14(16)17(23)21-15(7-8-22)11-5-6-11/h1-4,9-11,15,18,22H,5-8H2,(H,21,23). The summed E-state index contributed by atoms with van der Waals surface area (Å²) in [4.78, 5) is 12.6. The quantitative estimate of drug-likeness (QED) is 0.816. The minimum atomic E-state index is -3.01. The lowest BCUT2D eigenvalue weighted by atomic mass is 10.0. The molecule has 4 nitrogen and oxygen atoms in total. The Labute approximate surface area is 138 Å². The summed E-state index contributed by atoms with van der Waals surface area (Å²) in [5.74, 6) is -0.248. The maximum atomic E-state index is 12.7. The van der Waals surface area contributed by atoms with Gasteiger partial charge in [0.15, 0.2) is 0 Å². The third-order valence-corrected chi connectivity index (χ3v) is 4.26. The average molecular weight is 335 g/mol. The van der Waals surface area contributed by atoms with Crippen molar-refractivity contribution >= 4 is 16.7 Å². The Morgan fingerprint density at radius 3 is 2.50 bits per heavy atom. The molecule has 0 radical (unpaired) electrons. The van der Waals surface area contributed by atoms with E-state index in [2.05, 4.69) is 10.1 Å². The van der Waals surface area contributed by atoms with E-state index >= 15 is 0 Å². The molecular formula is C18H19F2NO3. The van der Waals surface area contributed by atoms with Crippen LogP contribution in [0, 0.1) is 5.92 Å². The van der Waals surface area contributed by atoms with Crippen LogP contribution in [0.2, 0.25) is 0 Å². The van der Waals surface area contributed by atoms with Gasteiger partial charge in [-0.25, -0.2) is 0 Å². The zero-order valence-corrected chi connectivity index (χ0v) is 13.0. The first kappa shape index (κ1) is 16.6. The van der Waals surface area contributed by atoms with Gasteiger partial charge in [0.2, 0.25) is 0 Å². The van der Waals surface area contributed by atoms with Crippen molar-refractivity contribution in [2.75, 3.05) is 6.61 Å². The SMILES string of the molecule is O=C(NC(CCO)C1CC1)c1cc2ccccc2cc1OC(F)F. The lowest BCUT2D eigenvalue weighted by Crippen LogP contribution is -2.37. The molecule has 1 amide bonds. The average Bonchev–Trinajstić information content (AvgIpc) is 3.38. The highest BCUT2D eigenvalue weighted by molar-refractivity contribution is 6.01. The number of benzene rings is 2. The van der Waals surface area contributed by atoms with Gasteiger partial charge in [-0.3, -0.25) is 4.79 Å². The number of alkyl halides is 2. The largest absolute Gasteiger partial charge is 0.434 e. The highest BCUT2D eigenvalue weighted by Crippen LogP contribution is 2.34. The number of nitrogens with one attached hydrogen (secondary N) is 1. The second kappa shape index (κ2) is 7.13. The van der Waals surface area contributed by atoms with Crippen LogP contribution in [0.3, 0.4) is 0 Å². The Balaban J connectivity index is 1.91. The summed E-state index contributed by atoms with van der Waals surface area (Å²) < 4.78 is 29.9. The van der Waals surface area contributed by atoms with E-state index < -0.39 is 12.5 Å². The minimum Gasteiger partial charge on any atom is -0.434 e. The number of rotatable bonds is 7. The fourth-order valence-corrected chi connectivity index (χ4v) is 2.90. The molecule has 24 heavy (non-hydrogen) atoms. The van der Waals surface area contributed by atoms with E-state index in [1.807, 2.05) is 12.1 Å². The van der Waals surface area contributed by atoms with Crippen LogP contribution in [0.1, 0.15) is 29.6 Å². The summed E-state index contributed by atoms with van der Waals surface area (Å²) in [6, 6.07) is 10.1. The lowest BCUT2D eigenvalue weighted by Gasteiger charge is -2.19. The van der Waals surface area contributed by atoms with Crippen LogP contribution in [0.4, 0.5) is 8.78 Å². The molecule has 2 aromatic carbocycles. The van der Waals surface area contributed by atoms with Gasteiger partial charge >= 0.3 is 6.61 Å². The van der Waals surface area contributed by atoms with Gasteiger partial charge in [-0.2, -0.15) is 8.78 Å². The lowest BCUT2D eigenvalue weighted by molar-refractivity contribution is -0.0500. The highest BCUT2D eigenvalue weighted by Gasteiger charge is 2.32. The van der Waals surface area contributed by atoms with Crippen LogP contribution in [-0.4, -0.2) is 30.3 Å². The Bertz CT molecular complexity index is 731. The van der Waals surface area contributed by atoms with Crippen LogP contribution in [0.25, 0.3) is 10.8 Å². The van der Waals surface area contributed by atoms with Gasteiger partial charge in [-0.15, -0.1) is 0 Å². The molecule has 1 fully saturated rings. The van der Waals surface area contributed by atoms with Gasteiger partial charge in [-0.05, 0) is 48.1 Å². The van der Waals surface area contributed by atoms with Crippen LogP contribution in [0.15, 0.2) is 36.4 Å². The summed E-state index contributed by atoms with van der Waals surface area (Å²) in [7, 11) is 0. The summed E-state index contributed by atoms with van der Waals surface area (Å²) >= 11 is 0. The number of aliphatic hydroxyl groups excluding tert-OH is 1. The number of hydrogen-bond acceptors (Lipinski definition) is 3.